The summed E-state index contributed by atoms with van der Waals surface area (Å²) in [4.78, 5) is 4.62. The fraction of sp³-hybridized carbons (Fsp3) is 0.529. The standard InChI is InChI=1S/C17H23N5S/c1-5-13-14(9-18)16(22-21-15(13)6-2)19-8-7-12-10-23-17(20-12)11(3)4/h10-11H,5-8H2,1-4H3,(H,19,22). The number of hydrogen-bond acceptors (Lipinski definition) is 6. The van der Waals surface area contributed by atoms with Crippen LogP contribution in [0.15, 0.2) is 5.38 Å². The summed E-state index contributed by atoms with van der Waals surface area (Å²) >= 11 is 1.70. The number of anilines is 1. The molecule has 0 aliphatic carbocycles. The molecule has 1 N–H and O–H groups in total. The van der Waals surface area contributed by atoms with Crippen LogP contribution in [-0.4, -0.2) is 21.7 Å². The molecule has 23 heavy (non-hydrogen) atoms. The second-order valence-electron chi connectivity index (χ2n) is 5.68. The van der Waals surface area contributed by atoms with Crippen LogP contribution in [0.3, 0.4) is 0 Å². The van der Waals surface area contributed by atoms with Crippen LogP contribution in [-0.2, 0) is 19.3 Å². The molecule has 0 radical (unpaired) electrons. The minimum absolute atomic E-state index is 0.464. The molecular weight excluding hydrogens is 306 g/mol. The molecule has 0 aromatic carbocycles. The zero-order valence-corrected chi connectivity index (χ0v) is 15.0. The van der Waals surface area contributed by atoms with Gasteiger partial charge in [-0.3, -0.25) is 0 Å². The average molecular weight is 329 g/mol. The van der Waals surface area contributed by atoms with E-state index < -0.39 is 0 Å². The molecule has 0 aliphatic heterocycles. The van der Waals surface area contributed by atoms with Crippen molar-refractivity contribution < 1.29 is 0 Å². The lowest BCUT2D eigenvalue weighted by molar-refractivity contribution is 0.832. The third-order valence-corrected chi connectivity index (χ3v) is 4.89. The number of thiazole rings is 1. The number of nitrogens with zero attached hydrogens (tertiary/aromatic N) is 4. The molecule has 122 valence electrons. The van der Waals surface area contributed by atoms with Gasteiger partial charge in [-0.1, -0.05) is 27.7 Å². The summed E-state index contributed by atoms with van der Waals surface area (Å²) in [5.41, 5.74) is 3.62. The van der Waals surface area contributed by atoms with E-state index in [1.165, 1.54) is 0 Å². The highest BCUT2D eigenvalue weighted by Gasteiger charge is 2.14. The summed E-state index contributed by atoms with van der Waals surface area (Å²) in [5, 5.41) is 24.4. The maximum atomic E-state index is 9.46. The molecule has 0 amide bonds. The van der Waals surface area contributed by atoms with Gasteiger partial charge in [-0.05, 0) is 18.4 Å². The molecule has 0 bridgehead atoms. The zero-order chi connectivity index (χ0) is 16.8. The lowest BCUT2D eigenvalue weighted by Crippen LogP contribution is -2.12. The third-order valence-electron chi connectivity index (χ3n) is 3.69. The number of rotatable bonds is 7. The molecule has 0 atom stereocenters. The summed E-state index contributed by atoms with van der Waals surface area (Å²) in [5.74, 6) is 1.05. The Morgan fingerprint density at radius 2 is 2.04 bits per heavy atom. The van der Waals surface area contributed by atoms with Crippen LogP contribution in [0.1, 0.15) is 61.1 Å². The van der Waals surface area contributed by atoms with E-state index in [0.717, 1.165) is 41.2 Å². The normalized spacial score (nSPS) is 10.8. The highest BCUT2D eigenvalue weighted by molar-refractivity contribution is 7.09. The first kappa shape index (κ1) is 17.4. The highest BCUT2D eigenvalue weighted by atomic mass is 32.1. The summed E-state index contributed by atoms with van der Waals surface area (Å²) < 4.78 is 0. The molecular formula is C17H23N5S. The lowest BCUT2D eigenvalue weighted by Gasteiger charge is -2.11. The molecule has 0 unspecified atom stereocenters. The Hall–Kier alpha value is -2.00. The van der Waals surface area contributed by atoms with Crippen LogP contribution in [0.4, 0.5) is 5.82 Å². The van der Waals surface area contributed by atoms with Gasteiger partial charge in [0.25, 0.3) is 0 Å². The third kappa shape index (κ3) is 4.05. The van der Waals surface area contributed by atoms with Gasteiger partial charge in [-0.15, -0.1) is 16.4 Å². The van der Waals surface area contributed by atoms with Gasteiger partial charge in [0.15, 0.2) is 5.82 Å². The molecule has 6 heteroatoms. The van der Waals surface area contributed by atoms with Gasteiger partial charge in [0.05, 0.1) is 16.4 Å². The van der Waals surface area contributed by atoms with Gasteiger partial charge >= 0.3 is 0 Å². The van der Waals surface area contributed by atoms with Crippen molar-refractivity contribution in [2.45, 2.75) is 52.9 Å². The van der Waals surface area contributed by atoms with Crippen LogP contribution in [0.5, 0.6) is 0 Å². The highest BCUT2D eigenvalue weighted by Crippen LogP contribution is 2.21. The number of aryl methyl sites for hydroxylation is 1. The predicted molar refractivity (Wildman–Crippen MR) is 93.9 cm³/mol. The van der Waals surface area contributed by atoms with Gasteiger partial charge in [0, 0.05) is 24.3 Å². The topological polar surface area (TPSA) is 74.5 Å². The van der Waals surface area contributed by atoms with Gasteiger partial charge in [-0.2, -0.15) is 10.4 Å². The van der Waals surface area contributed by atoms with E-state index in [4.69, 9.17) is 0 Å². The second-order valence-corrected chi connectivity index (χ2v) is 6.57. The van der Waals surface area contributed by atoms with Crippen molar-refractivity contribution >= 4 is 17.2 Å². The largest absolute Gasteiger partial charge is 0.367 e. The SMILES string of the molecule is CCc1nnc(NCCc2csc(C(C)C)n2)c(C#N)c1CC. The first-order valence-electron chi connectivity index (χ1n) is 8.07. The van der Waals surface area contributed by atoms with E-state index >= 15 is 0 Å². The molecule has 0 aliphatic rings. The van der Waals surface area contributed by atoms with Crippen molar-refractivity contribution in [1.82, 2.24) is 15.2 Å². The molecule has 2 heterocycles. The summed E-state index contributed by atoms with van der Waals surface area (Å²) in [6.07, 6.45) is 2.40. The van der Waals surface area contributed by atoms with Crippen molar-refractivity contribution in [3.8, 4) is 6.07 Å². The fourth-order valence-corrected chi connectivity index (χ4v) is 3.30. The van der Waals surface area contributed by atoms with Crippen LogP contribution >= 0.6 is 11.3 Å². The van der Waals surface area contributed by atoms with Crippen LogP contribution in [0, 0.1) is 11.3 Å². The molecule has 0 saturated heterocycles. The monoisotopic (exact) mass is 329 g/mol. The summed E-state index contributed by atoms with van der Waals surface area (Å²) in [6, 6.07) is 2.28. The van der Waals surface area contributed by atoms with E-state index in [0.29, 0.717) is 23.8 Å². The number of hydrogen-bond donors (Lipinski definition) is 1. The number of nitrogens with one attached hydrogen (secondary N) is 1. The van der Waals surface area contributed by atoms with Crippen molar-refractivity contribution in [3.05, 3.63) is 32.9 Å². The van der Waals surface area contributed by atoms with Gasteiger partial charge in [0.1, 0.15) is 11.6 Å². The molecule has 2 aromatic heterocycles. The molecule has 2 aromatic rings. The smallest absolute Gasteiger partial charge is 0.166 e. The Morgan fingerprint density at radius 1 is 1.26 bits per heavy atom. The van der Waals surface area contributed by atoms with E-state index in [2.05, 4.69) is 45.8 Å². The molecule has 0 fully saturated rings. The molecule has 0 spiro atoms. The Kier molecular flexibility index (Phi) is 6.05. The summed E-state index contributed by atoms with van der Waals surface area (Å²) in [6.45, 7) is 9.07. The fourth-order valence-electron chi connectivity index (χ4n) is 2.43. The van der Waals surface area contributed by atoms with Crippen molar-refractivity contribution in [2.75, 3.05) is 11.9 Å². The maximum Gasteiger partial charge on any atom is 0.166 e. The molecule has 5 nitrogen and oxygen atoms in total. The molecule has 0 saturated carbocycles. The van der Waals surface area contributed by atoms with Crippen LogP contribution in [0.25, 0.3) is 0 Å². The number of nitriles is 1. The van der Waals surface area contributed by atoms with Crippen LogP contribution in [0.2, 0.25) is 0 Å². The van der Waals surface area contributed by atoms with E-state index in [1.807, 2.05) is 13.8 Å². The Balaban J connectivity index is 2.07. The lowest BCUT2D eigenvalue weighted by atomic mass is 10.0. The van der Waals surface area contributed by atoms with Gasteiger partial charge in [-0.25, -0.2) is 4.98 Å². The zero-order valence-electron chi connectivity index (χ0n) is 14.2. The minimum atomic E-state index is 0.464. The van der Waals surface area contributed by atoms with E-state index in [9.17, 15) is 5.26 Å². The Morgan fingerprint density at radius 3 is 2.61 bits per heavy atom. The van der Waals surface area contributed by atoms with Crippen molar-refractivity contribution in [1.29, 1.82) is 5.26 Å². The second kappa shape index (κ2) is 8.02. The van der Waals surface area contributed by atoms with Gasteiger partial charge in [0.2, 0.25) is 0 Å². The quantitative estimate of drug-likeness (QED) is 0.838. The van der Waals surface area contributed by atoms with E-state index in [1.54, 1.807) is 11.3 Å². The Labute approximate surface area is 141 Å². The predicted octanol–water partition coefficient (Wildman–Crippen LogP) is 3.71. The average Bonchev–Trinajstić information content (AvgIpc) is 3.03. The summed E-state index contributed by atoms with van der Waals surface area (Å²) in [7, 11) is 0. The first-order valence-corrected chi connectivity index (χ1v) is 8.95. The van der Waals surface area contributed by atoms with Crippen molar-refractivity contribution in [3.63, 3.8) is 0 Å². The molecule has 2 rings (SSSR count). The van der Waals surface area contributed by atoms with Crippen molar-refractivity contribution in [2.24, 2.45) is 0 Å². The van der Waals surface area contributed by atoms with Crippen LogP contribution < -0.4 is 5.32 Å². The van der Waals surface area contributed by atoms with Gasteiger partial charge < -0.3 is 5.32 Å². The number of aromatic nitrogens is 3. The Bertz CT molecular complexity index is 699. The minimum Gasteiger partial charge on any atom is -0.367 e. The van der Waals surface area contributed by atoms with E-state index in [-0.39, 0.29) is 0 Å². The first-order chi connectivity index (χ1) is 11.1. The maximum absolute atomic E-state index is 9.46.